The van der Waals surface area contributed by atoms with Gasteiger partial charge in [0.05, 0.1) is 0 Å². The average Bonchev–Trinajstić information content (AvgIpc) is 2.76. The van der Waals surface area contributed by atoms with Crippen molar-refractivity contribution < 1.29 is 0 Å². The second-order valence-electron chi connectivity index (χ2n) is 6.38. The first-order valence-electron chi connectivity index (χ1n) is 7.40. The van der Waals surface area contributed by atoms with Crippen LogP contribution in [0, 0.1) is 11.8 Å². The molecule has 2 unspecified atom stereocenters. The normalized spacial score (nSPS) is 29.4. The highest BCUT2D eigenvalue weighted by molar-refractivity contribution is 7.09. The van der Waals surface area contributed by atoms with E-state index < -0.39 is 0 Å². The molecule has 0 aromatic carbocycles. The van der Waals surface area contributed by atoms with Crippen LogP contribution in [0.5, 0.6) is 0 Å². The molecule has 0 radical (unpaired) electrons. The summed E-state index contributed by atoms with van der Waals surface area (Å²) in [6.07, 6.45) is 8.82. The summed E-state index contributed by atoms with van der Waals surface area (Å²) in [4.78, 5) is 1.49. The van der Waals surface area contributed by atoms with E-state index in [9.17, 15) is 0 Å². The molecule has 1 aromatic heterocycles. The number of nitrogens with two attached hydrogens (primary N) is 1. The van der Waals surface area contributed by atoms with Crippen molar-refractivity contribution in [1.29, 1.82) is 0 Å². The largest absolute Gasteiger partial charge is 0.325 e. The Morgan fingerprint density at radius 2 is 2.22 bits per heavy atom. The molecule has 1 fully saturated rings. The van der Waals surface area contributed by atoms with E-state index in [4.69, 9.17) is 5.73 Å². The van der Waals surface area contributed by atoms with Gasteiger partial charge in [0.2, 0.25) is 0 Å². The molecule has 1 aromatic rings. The average molecular weight is 265 g/mol. The van der Waals surface area contributed by atoms with Crippen LogP contribution in [0.2, 0.25) is 0 Å². The fourth-order valence-electron chi connectivity index (χ4n) is 3.20. The number of hydrogen-bond acceptors (Lipinski definition) is 2. The maximum absolute atomic E-state index is 6.64. The maximum atomic E-state index is 6.64. The van der Waals surface area contributed by atoms with E-state index in [0.717, 1.165) is 11.8 Å². The molecular weight excluding hydrogens is 238 g/mol. The molecule has 102 valence electrons. The van der Waals surface area contributed by atoms with Crippen molar-refractivity contribution in [3.05, 3.63) is 22.4 Å². The van der Waals surface area contributed by atoms with Crippen LogP contribution >= 0.6 is 11.3 Å². The Morgan fingerprint density at radius 1 is 1.39 bits per heavy atom. The lowest BCUT2D eigenvalue weighted by molar-refractivity contribution is 0.313. The Kier molecular flexibility index (Phi) is 4.85. The maximum Gasteiger partial charge on any atom is 0.0157 e. The second kappa shape index (κ2) is 6.21. The summed E-state index contributed by atoms with van der Waals surface area (Å²) >= 11 is 1.87. The molecule has 1 nitrogen and oxygen atoms in total. The lowest BCUT2D eigenvalue weighted by Crippen LogP contribution is -2.39. The highest BCUT2D eigenvalue weighted by Crippen LogP contribution is 2.35. The third kappa shape index (κ3) is 3.83. The quantitative estimate of drug-likeness (QED) is 0.790. The summed E-state index contributed by atoms with van der Waals surface area (Å²) < 4.78 is 0. The Bertz CT molecular complexity index is 344. The van der Waals surface area contributed by atoms with Gasteiger partial charge in [0.1, 0.15) is 0 Å². The van der Waals surface area contributed by atoms with Gasteiger partial charge >= 0.3 is 0 Å². The van der Waals surface area contributed by atoms with Gasteiger partial charge in [-0.2, -0.15) is 0 Å². The van der Waals surface area contributed by atoms with E-state index >= 15 is 0 Å². The Morgan fingerprint density at radius 3 is 2.89 bits per heavy atom. The minimum absolute atomic E-state index is 0.105. The number of aryl methyl sites for hydroxylation is 1. The van der Waals surface area contributed by atoms with E-state index in [1.54, 1.807) is 0 Å². The van der Waals surface area contributed by atoms with E-state index in [1.165, 1.54) is 49.8 Å². The first kappa shape index (κ1) is 14.1. The van der Waals surface area contributed by atoms with Crippen LogP contribution in [0.15, 0.2) is 17.5 Å². The third-order valence-electron chi connectivity index (χ3n) is 4.65. The summed E-state index contributed by atoms with van der Waals surface area (Å²) in [5.74, 6) is 1.72. The molecule has 18 heavy (non-hydrogen) atoms. The second-order valence-corrected chi connectivity index (χ2v) is 7.41. The Hall–Kier alpha value is -0.340. The molecule has 2 atom stereocenters. The molecule has 0 saturated heterocycles. The van der Waals surface area contributed by atoms with E-state index in [-0.39, 0.29) is 5.54 Å². The first-order chi connectivity index (χ1) is 8.59. The van der Waals surface area contributed by atoms with Crippen LogP contribution in [0.25, 0.3) is 0 Å². The van der Waals surface area contributed by atoms with Crippen molar-refractivity contribution in [3.8, 4) is 0 Å². The molecule has 2 rings (SSSR count). The fourth-order valence-corrected chi connectivity index (χ4v) is 3.91. The molecule has 0 amide bonds. The van der Waals surface area contributed by atoms with E-state index in [2.05, 4.69) is 31.4 Å². The highest BCUT2D eigenvalue weighted by atomic mass is 32.1. The van der Waals surface area contributed by atoms with Crippen molar-refractivity contribution in [2.75, 3.05) is 0 Å². The minimum atomic E-state index is 0.105. The van der Waals surface area contributed by atoms with Gasteiger partial charge in [0.25, 0.3) is 0 Å². The van der Waals surface area contributed by atoms with Gasteiger partial charge in [-0.3, -0.25) is 0 Å². The topological polar surface area (TPSA) is 26.0 Å². The third-order valence-corrected chi connectivity index (χ3v) is 5.59. The van der Waals surface area contributed by atoms with Gasteiger partial charge in [-0.25, -0.2) is 0 Å². The molecule has 0 aliphatic heterocycles. The number of thiophene rings is 1. The van der Waals surface area contributed by atoms with Gasteiger partial charge in [0.15, 0.2) is 0 Å². The molecular formula is C16H27NS. The van der Waals surface area contributed by atoms with Gasteiger partial charge in [-0.15, -0.1) is 11.3 Å². The lowest BCUT2D eigenvalue weighted by atomic mass is 9.84. The van der Waals surface area contributed by atoms with E-state index in [0.29, 0.717) is 0 Å². The first-order valence-corrected chi connectivity index (χ1v) is 8.28. The summed E-state index contributed by atoms with van der Waals surface area (Å²) in [6.45, 7) is 4.72. The summed E-state index contributed by atoms with van der Waals surface area (Å²) in [5.41, 5.74) is 6.75. The molecule has 1 saturated carbocycles. The standard InChI is InChI=1S/C16H27NS/c1-13(2)14-5-3-9-16(17,10-7-14)11-8-15-6-4-12-18-15/h4,6,12-14H,3,5,7-11,17H2,1-2H3. The van der Waals surface area contributed by atoms with Crippen molar-refractivity contribution >= 4 is 11.3 Å². The predicted molar refractivity (Wildman–Crippen MR) is 81.0 cm³/mol. The van der Waals surface area contributed by atoms with E-state index in [1.807, 2.05) is 11.3 Å². The zero-order valence-corrected chi connectivity index (χ0v) is 12.6. The Labute approximate surface area is 116 Å². The fraction of sp³-hybridized carbons (Fsp3) is 0.750. The van der Waals surface area contributed by atoms with Crippen LogP contribution in [-0.4, -0.2) is 5.54 Å². The van der Waals surface area contributed by atoms with Gasteiger partial charge < -0.3 is 5.73 Å². The molecule has 1 aliphatic carbocycles. The monoisotopic (exact) mass is 265 g/mol. The molecule has 0 bridgehead atoms. The Balaban J connectivity index is 1.86. The number of rotatable bonds is 4. The van der Waals surface area contributed by atoms with Crippen LogP contribution < -0.4 is 5.73 Å². The van der Waals surface area contributed by atoms with Crippen molar-refractivity contribution in [2.45, 2.75) is 64.3 Å². The van der Waals surface area contributed by atoms with Gasteiger partial charge in [-0.1, -0.05) is 32.8 Å². The zero-order chi connectivity index (χ0) is 13.0. The zero-order valence-electron chi connectivity index (χ0n) is 11.8. The number of hydrogen-bond donors (Lipinski definition) is 1. The molecule has 1 aliphatic rings. The molecule has 2 heteroatoms. The van der Waals surface area contributed by atoms with Crippen molar-refractivity contribution in [2.24, 2.45) is 17.6 Å². The lowest BCUT2D eigenvalue weighted by Gasteiger charge is -2.28. The van der Waals surface area contributed by atoms with Crippen LogP contribution in [0.3, 0.4) is 0 Å². The van der Waals surface area contributed by atoms with Crippen LogP contribution in [-0.2, 0) is 6.42 Å². The van der Waals surface area contributed by atoms with Crippen molar-refractivity contribution in [1.82, 2.24) is 0 Å². The summed E-state index contributed by atoms with van der Waals surface area (Å²) in [7, 11) is 0. The van der Waals surface area contributed by atoms with Gasteiger partial charge in [0, 0.05) is 10.4 Å². The predicted octanol–water partition coefficient (Wildman–Crippen LogP) is 4.61. The van der Waals surface area contributed by atoms with Crippen molar-refractivity contribution in [3.63, 3.8) is 0 Å². The van der Waals surface area contributed by atoms with Crippen LogP contribution in [0.4, 0.5) is 0 Å². The highest BCUT2D eigenvalue weighted by Gasteiger charge is 2.29. The van der Waals surface area contributed by atoms with Gasteiger partial charge in [-0.05, 0) is 55.4 Å². The minimum Gasteiger partial charge on any atom is -0.325 e. The smallest absolute Gasteiger partial charge is 0.0157 e. The van der Waals surface area contributed by atoms with Crippen LogP contribution in [0.1, 0.15) is 57.2 Å². The summed E-state index contributed by atoms with van der Waals surface area (Å²) in [5, 5.41) is 2.17. The molecule has 1 heterocycles. The summed E-state index contributed by atoms with van der Waals surface area (Å²) in [6, 6.07) is 4.38. The SMILES string of the molecule is CC(C)C1CCCC(N)(CCc2cccs2)CC1. The molecule has 2 N–H and O–H groups in total. The molecule has 0 spiro atoms.